The van der Waals surface area contributed by atoms with Gasteiger partial charge < -0.3 is 184 Å². The zero-order valence-corrected chi connectivity index (χ0v) is 57.8. The number of hydrogen-bond donors (Lipinski definition) is 23. The van der Waals surface area contributed by atoms with E-state index in [1.54, 1.807) is 48.5 Å². The van der Waals surface area contributed by atoms with Gasteiger partial charge in [-0.1, -0.05) is 60.7 Å². The van der Waals surface area contributed by atoms with Crippen LogP contribution in [0.1, 0.15) is 33.6 Å². The van der Waals surface area contributed by atoms with Crippen molar-refractivity contribution in [1.82, 2.24) is 16.0 Å². The lowest BCUT2D eigenvalue weighted by Gasteiger charge is -2.50. The number of benzene rings is 4. The van der Waals surface area contributed by atoms with Crippen molar-refractivity contribution in [2.24, 2.45) is 0 Å². The van der Waals surface area contributed by atoms with Crippen molar-refractivity contribution in [3.05, 3.63) is 96.1 Å². The van der Waals surface area contributed by atoms with Gasteiger partial charge in [0, 0.05) is 24.2 Å². The topological polar surface area (TPSA) is 621 Å². The van der Waals surface area contributed by atoms with E-state index >= 15 is 0 Å². The number of rotatable bonds is 16. The maximum atomic E-state index is 14.8. The van der Waals surface area contributed by atoms with Crippen LogP contribution in [0.5, 0.6) is 0 Å². The molecule has 3 amide bonds. The van der Waals surface area contributed by atoms with Crippen LogP contribution in [-0.2, 0) is 71.1 Å². The van der Waals surface area contributed by atoms with Gasteiger partial charge in [0.2, 0.25) is 5.91 Å². The summed E-state index contributed by atoms with van der Waals surface area (Å²) in [5.41, 5.74) is 0.472. The van der Waals surface area contributed by atoms with Gasteiger partial charge in [-0.2, -0.15) is 0 Å². The van der Waals surface area contributed by atoms with E-state index in [2.05, 4.69) is 16.0 Å². The van der Waals surface area contributed by atoms with E-state index in [-0.39, 0.29) is 24.9 Å². The molecule has 0 aromatic heterocycles. The van der Waals surface area contributed by atoms with Gasteiger partial charge in [0.25, 0.3) is 11.8 Å². The molecule has 40 nitrogen and oxygen atoms in total. The van der Waals surface area contributed by atoms with Gasteiger partial charge >= 0.3 is 0 Å². The van der Waals surface area contributed by atoms with E-state index in [0.717, 1.165) is 16.2 Å². The summed E-state index contributed by atoms with van der Waals surface area (Å²) in [4.78, 5) is 42.4. The molecule has 0 saturated carbocycles. The first kappa shape index (κ1) is 82.9. The highest BCUT2D eigenvalue weighted by molar-refractivity contribution is 6.01. The molecular formula is C69H93N3O37. The molecule has 606 valence electrons. The Morgan fingerprint density at radius 2 is 0.560 bits per heavy atom. The van der Waals surface area contributed by atoms with E-state index in [9.17, 15) is 117 Å². The fourth-order valence-electron chi connectivity index (χ4n) is 14.5. The van der Waals surface area contributed by atoms with Gasteiger partial charge in [-0.05, 0) is 58.7 Å². The smallest absolute Gasteiger partial charge is 0.251 e. The molecule has 21 fully saturated rings. The Morgan fingerprint density at radius 3 is 0.844 bits per heavy atom. The summed E-state index contributed by atoms with van der Waals surface area (Å²) in [5.74, 6) is -2.11. The third-order valence-electron chi connectivity index (χ3n) is 20.7. The fraction of sp³-hybridized carbons (Fsp3) is 0.667. The lowest BCUT2D eigenvalue weighted by Crippen LogP contribution is -2.68. The van der Waals surface area contributed by atoms with E-state index in [0.29, 0.717) is 10.9 Å². The number of aliphatic hydroxyl groups excluding tert-OH is 20. The van der Waals surface area contributed by atoms with E-state index < -0.39 is 285 Å². The molecule has 0 unspecified atom stereocenters. The van der Waals surface area contributed by atoms with Crippen LogP contribution in [0.15, 0.2) is 84.9 Å². The average Bonchev–Trinajstić information content (AvgIpc) is 0.801. The van der Waals surface area contributed by atoms with Gasteiger partial charge in [0.1, 0.15) is 177 Å². The van der Waals surface area contributed by atoms with Gasteiger partial charge in [0.15, 0.2) is 44.0 Å². The van der Waals surface area contributed by atoms with Crippen LogP contribution in [-0.4, -0.2) is 394 Å². The molecule has 21 aliphatic rings. The number of nitrogens with one attached hydrogen (secondary N) is 3. The third-order valence-corrected chi connectivity index (χ3v) is 20.7. The molecule has 4 aromatic rings. The van der Waals surface area contributed by atoms with E-state index in [1.807, 2.05) is 30.3 Å². The molecule has 0 radical (unpaired) electrons. The first-order chi connectivity index (χ1) is 52.3. The van der Waals surface area contributed by atoms with Crippen LogP contribution in [0.4, 0.5) is 0 Å². The summed E-state index contributed by atoms with van der Waals surface area (Å²) >= 11 is 0. The molecule has 25 rings (SSSR count). The molecule has 23 N–H and O–H groups in total. The molecule has 21 saturated heterocycles. The summed E-state index contributed by atoms with van der Waals surface area (Å²) in [6.07, 6.45) is -73.6. The SMILES string of the molecule is O=C(NCCC[C@H](NC(=O)c1ccc2ccccc2c1)C(=O)NC[C@H]1O[C@@H]2O[C@H]3[C@H](O)[C@@H](O)[C@@H](O[C@H]4[C@H](O)[C@@H](O)[C@@H](O[C@H]5[C@H](O)[C@@H](O)[C@@H](O[C@H]6[C@H](O)[C@@H](O)[C@@H](O[C@H]7[C@H](O)[C@@H](O)[C@@H](O[C@H]8[C@H](O)[C@@H](O)[C@@H](O[C@H]1[C@H](O)[C@H]2O)O[C@@H]8CO)O[C@@H]7CO)O[C@@H]6CO)O[C@@H]5CO)O[C@@H]4CO)O[C@@H]3CO)c1ccc2ccccc2c1. The maximum absolute atomic E-state index is 14.8. The first-order valence-corrected chi connectivity index (χ1v) is 35.5. The monoisotopic (exact) mass is 1560 g/mol. The van der Waals surface area contributed by atoms with Crippen LogP contribution >= 0.6 is 0 Å². The normalized spacial score (nSPS) is 42.7. The van der Waals surface area contributed by atoms with Gasteiger partial charge in [-0.15, -0.1) is 0 Å². The van der Waals surface area contributed by atoms with Crippen LogP contribution in [0.3, 0.4) is 0 Å². The highest BCUT2D eigenvalue weighted by Crippen LogP contribution is 2.39. The number of carbonyl (C=O) groups excluding carboxylic acids is 3. The summed E-state index contributed by atoms with van der Waals surface area (Å²) < 4.78 is 82.1. The average molecular weight is 1560 g/mol. The Kier molecular flexibility index (Phi) is 27.6. The summed E-state index contributed by atoms with van der Waals surface area (Å²) in [7, 11) is 0. The van der Waals surface area contributed by atoms with Crippen LogP contribution in [0, 0.1) is 0 Å². The molecular weight excluding hydrogens is 1460 g/mol. The quantitative estimate of drug-likeness (QED) is 0.0463. The summed E-state index contributed by atoms with van der Waals surface area (Å²) in [6.45, 7) is -7.48. The first-order valence-electron chi connectivity index (χ1n) is 35.5. The Bertz CT molecular complexity index is 3640. The molecule has 36 atom stereocenters. The standard InChI is InChI=1S/C69H93N3O37/c73-19-33-54-41(81)48(88)65(98-33)106-56-35(21-75)100-67(50(90)43(56)83)108-58-37(23-77)102-69(52(92)45(58)85)109-59-38(24-78)101-68(51(91)44(59)84)107-57-36(22-76)99-66(49(89)42(57)82)105-55-34(20-74)97-64(47(87)40(55)80)103-53-32(96-63(104-54)46(86)39(53)79)18-71-62(95)31(72-61(94)30-14-12-26-7-2-4-9-28(26)17-30)10-5-15-70-60(93)29-13-11-25-6-1-3-8-27(25)16-29/h1-4,6-9,11-14,16-17,31-59,63-69,73-92H,5,10,15,18-24H2,(H,70,93)(H,71,95)(H,72,94)/t31-,32+,33+,34+,35+,36+,37+,38+,39+,40+,41+,42+,43+,44+,45+,46+,47+,48+,49+,50+,51+,52+,53+,54+,55+,56+,57+,58+,59+,63+,64+,65+,66+,67+,68+,69+/m0/s1. The number of aliphatic hydroxyl groups is 20. The van der Waals surface area contributed by atoms with Crippen molar-refractivity contribution in [3.63, 3.8) is 0 Å². The molecule has 0 spiro atoms. The van der Waals surface area contributed by atoms with Crippen LogP contribution < -0.4 is 16.0 Å². The molecule has 14 bridgehead atoms. The third kappa shape index (κ3) is 17.6. The minimum atomic E-state index is -2.37. The highest BCUT2D eigenvalue weighted by Gasteiger charge is 2.60. The molecule has 40 heteroatoms. The minimum absolute atomic E-state index is 0.0222. The Balaban J connectivity index is 0.829. The second kappa shape index (κ2) is 36.3. The second-order valence-electron chi connectivity index (χ2n) is 27.8. The van der Waals surface area contributed by atoms with Gasteiger partial charge in [-0.25, -0.2) is 0 Å². The van der Waals surface area contributed by atoms with Crippen molar-refractivity contribution in [2.45, 2.75) is 234 Å². The Hall–Kier alpha value is -5.55. The number of carbonyl (C=O) groups is 3. The second-order valence-corrected chi connectivity index (χ2v) is 27.8. The van der Waals surface area contributed by atoms with Crippen molar-refractivity contribution in [2.75, 3.05) is 52.7 Å². The molecule has 21 aliphatic heterocycles. The number of ether oxygens (including phenoxy) is 14. The Morgan fingerprint density at radius 1 is 0.303 bits per heavy atom. The van der Waals surface area contributed by atoms with Gasteiger partial charge in [0.05, 0.1) is 39.6 Å². The van der Waals surface area contributed by atoms with Crippen molar-refractivity contribution in [1.29, 1.82) is 0 Å². The lowest BCUT2D eigenvalue weighted by molar-refractivity contribution is -0.396. The minimum Gasteiger partial charge on any atom is -0.394 e. The summed E-state index contributed by atoms with van der Waals surface area (Å²) in [6, 6.07) is 23.0. The van der Waals surface area contributed by atoms with Crippen molar-refractivity contribution in [3.8, 4) is 0 Å². The lowest BCUT2D eigenvalue weighted by atomic mass is 9.95. The Labute approximate surface area is 618 Å². The van der Waals surface area contributed by atoms with E-state index in [1.165, 1.54) is 6.07 Å². The fourth-order valence-corrected chi connectivity index (χ4v) is 14.5. The predicted molar refractivity (Wildman–Crippen MR) is 355 cm³/mol. The zero-order chi connectivity index (χ0) is 78.0. The zero-order valence-electron chi connectivity index (χ0n) is 57.8. The largest absolute Gasteiger partial charge is 0.394 e. The number of amides is 3. The highest BCUT2D eigenvalue weighted by atomic mass is 16.8. The van der Waals surface area contributed by atoms with E-state index in [4.69, 9.17) is 66.3 Å². The maximum Gasteiger partial charge on any atom is 0.251 e. The van der Waals surface area contributed by atoms with Crippen LogP contribution in [0.25, 0.3) is 21.5 Å². The number of fused-ring (bicyclic) bond motifs is 2. The number of hydrogen-bond acceptors (Lipinski definition) is 37. The van der Waals surface area contributed by atoms with Gasteiger partial charge in [-0.3, -0.25) is 14.4 Å². The van der Waals surface area contributed by atoms with Crippen molar-refractivity contribution < 1.29 is 183 Å². The van der Waals surface area contributed by atoms with Crippen LogP contribution in [0.2, 0.25) is 0 Å². The summed E-state index contributed by atoms with van der Waals surface area (Å²) in [5, 5.41) is 239. The molecule has 109 heavy (non-hydrogen) atoms. The van der Waals surface area contributed by atoms with Crippen molar-refractivity contribution >= 4 is 39.3 Å². The predicted octanol–water partition coefficient (Wildman–Crippen LogP) is -10.8. The molecule has 21 heterocycles. The molecule has 0 aliphatic carbocycles. The molecule has 4 aromatic carbocycles.